The smallest absolute Gasteiger partial charge is 0.435 e. The van der Waals surface area contributed by atoms with Gasteiger partial charge in [0.05, 0.1) is 24.2 Å². The van der Waals surface area contributed by atoms with E-state index in [-0.39, 0.29) is 15.7 Å². The van der Waals surface area contributed by atoms with Gasteiger partial charge in [0.1, 0.15) is 16.7 Å². The number of hydrogen-bond acceptors (Lipinski definition) is 4. The molecule has 12 heteroatoms. The lowest BCUT2D eigenvalue weighted by Crippen LogP contribution is -2.31. The average molecular weight is 478 g/mol. The molecule has 0 spiro atoms. The van der Waals surface area contributed by atoms with Crippen LogP contribution in [0, 0.1) is 5.82 Å². The summed E-state index contributed by atoms with van der Waals surface area (Å²) in [5.41, 5.74) is -1.76. The maximum Gasteiger partial charge on any atom is 0.435 e. The fourth-order valence-corrected chi connectivity index (χ4v) is 4.48. The van der Waals surface area contributed by atoms with Gasteiger partial charge in [-0.05, 0) is 48.5 Å². The van der Waals surface area contributed by atoms with Crippen molar-refractivity contribution in [3.8, 4) is 5.75 Å². The molecule has 2 aromatic carbocycles. The van der Waals surface area contributed by atoms with Crippen LogP contribution >= 0.6 is 11.6 Å². The van der Waals surface area contributed by atoms with Gasteiger partial charge in [0.2, 0.25) is 0 Å². The van der Waals surface area contributed by atoms with Crippen LogP contribution in [0.15, 0.2) is 53.4 Å². The zero-order valence-electron chi connectivity index (χ0n) is 16.2. The first-order valence-electron chi connectivity index (χ1n) is 8.66. The molecule has 3 aromatic rings. The van der Waals surface area contributed by atoms with Gasteiger partial charge in [-0.2, -0.15) is 18.3 Å². The van der Waals surface area contributed by atoms with Gasteiger partial charge in [-0.15, -0.1) is 0 Å². The summed E-state index contributed by atoms with van der Waals surface area (Å²) in [7, 11) is -1.77. The molecule has 3 rings (SSSR count). The number of hydrogen-bond donors (Lipinski definition) is 0. The predicted octanol–water partition coefficient (Wildman–Crippen LogP) is 4.64. The Labute approximate surface area is 180 Å². The molecule has 0 saturated carbocycles. The molecule has 1 aromatic heterocycles. The van der Waals surface area contributed by atoms with E-state index in [0.29, 0.717) is 5.75 Å². The Balaban J connectivity index is 2.17. The van der Waals surface area contributed by atoms with Gasteiger partial charge in [-0.1, -0.05) is 11.6 Å². The summed E-state index contributed by atoms with van der Waals surface area (Å²) in [6.07, 6.45) is -4.86. The van der Waals surface area contributed by atoms with Crippen molar-refractivity contribution in [2.24, 2.45) is 7.05 Å². The molecule has 0 amide bonds. The van der Waals surface area contributed by atoms with E-state index < -0.39 is 39.8 Å². The Bertz CT molecular complexity index is 1180. The Morgan fingerprint density at radius 2 is 1.68 bits per heavy atom. The minimum atomic E-state index is -4.86. The third kappa shape index (κ3) is 4.62. The van der Waals surface area contributed by atoms with Crippen LogP contribution in [0.1, 0.15) is 11.3 Å². The number of sulfonamides is 1. The van der Waals surface area contributed by atoms with Crippen LogP contribution in [0.4, 0.5) is 23.2 Å². The van der Waals surface area contributed by atoms with E-state index in [1.165, 1.54) is 38.4 Å². The maximum atomic E-state index is 13.5. The molecule has 166 valence electrons. The molecule has 0 aliphatic carbocycles. The fourth-order valence-electron chi connectivity index (χ4n) is 2.86. The van der Waals surface area contributed by atoms with Crippen molar-refractivity contribution in [2.75, 3.05) is 11.4 Å². The molecule has 0 atom stereocenters. The van der Waals surface area contributed by atoms with Crippen LogP contribution in [-0.2, 0) is 29.8 Å². The number of methoxy groups -OCH3 is 1. The predicted molar refractivity (Wildman–Crippen MR) is 106 cm³/mol. The number of alkyl halides is 3. The number of nitrogens with zero attached hydrogens (tertiary/aromatic N) is 3. The number of aromatic nitrogens is 2. The molecule has 0 N–H and O–H groups in total. The highest BCUT2D eigenvalue weighted by Crippen LogP contribution is 2.37. The van der Waals surface area contributed by atoms with Gasteiger partial charge in [0.15, 0.2) is 5.69 Å². The van der Waals surface area contributed by atoms with Crippen molar-refractivity contribution in [3.05, 3.63) is 70.8 Å². The number of anilines is 1. The largest absolute Gasteiger partial charge is 0.497 e. The van der Waals surface area contributed by atoms with Gasteiger partial charge in [0.25, 0.3) is 10.0 Å². The van der Waals surface area contributed by atoms with Crippen LogP contribution in [0.25, 0.3) is 0 Å². The second-order valence-corrected chi connectivity index (χ2v) is 8.62. The van der Waals surface area contributed by atoms with Gasteiger partial charge in [0, 0.05) is 12.6 Å². The lowest BCUT2D eigenvalue weighted by Gasteiger charge is -2.25. The van der Waals surface area contributed by atoms with E-state index >= 15 is 0 Å². The number of halogens is 5. The SMILES string of the molecule is COc1ccc(N(Cc2c(C(F)(F)F)nn(C)c2Cl)S(=O)(=O)c2ccc(F)cc2)cc1. The van der Waals surface area contributed by atoms with Crippen molar-refractivity contribution >= 4 is 27.3 Å². The Morgan fingerprint density at radius 3 is 2.19 bits per heavy atom. The zero-order valence-corrected chi connectivity index (χ0v) is 17.8. The Kier molecular flexibility index (Phi) is 6.19. The van der Waals surface area contributed by atoms with Crippen molar-refractivity contribution in [1.82, 2.24) is 9.78 Å². The second kappa shape index (κ2) is 8.39. The fraction of sp³-hybridized carbons (Fsp3) is 0.211. The van der Waals surface area contributed by atoms with E-state index in [2.05, 4.69) is 5.10 Å². The van der Waals surface area contributed by atoms with Gasteiger partial charge in [-0.25, -0.2) is 12.8 Å². The molecule has 0 radical (unpaired) electrons. The molecule has 1 heterocycles. The number of ether oxygens (including phenoxy) is 1. The van der Waals surface area contributed by atoms with E-state index in [1.54, 1.807) is 0 Å². The molecule has 0 fully saturated rings. The highest BCUT2D eigenvalue weighted by Gasteiger charge is 2.40. The van der Waals surface area contributed by atoms with Crippen molar-refractivity contribution in [2.45, 2.75) is 17.6 Å². The number of benzene rings is 2. The molecular weight excluding hydrogens is 462 g/mol. The normalized spacial score (nSPS) is 12.1. The second-order valence-electron chi connectivity index (χ2n) is 6.40. The monoisotopic (exact) mass is 477 g/mol. The average Bonchev–Trinajstić information content (AvgIpc) is 3.01. The first-order valence-corrected chi connectivity index (χ1v) is 10.5. The molecule has 31 heavy (non-hydrogen) atoms. The molecule has 6 nitrogen and oxygen atoms in total. The summed E-state index contributed by atoms with van der Waals surface area (Å²) in [5, 5.41) is 3.03. The van der Waals surface area contributed by atoms with Crippen LogP contribution in [0.3, 0.4) is 0 Å². The number of aryl methyl sites for hydroxylation is 1. The topological polar surface area (TPSA) is 64.4 Å². The van der Waals surface area contributed by atoms with Crippen LogP contribution in [0.5, 0.6) is 5.75 Å². The summed E-state index contributed by atoms with van der Waals surface area (Å²) < 4.78 is 87.0. The van der Waals surface area contributed by atoms with Crippen molar-refractivity contribution < 1.29 is 30.7 Å². The highest BCUT2D eigenvalue weighted by molar-refractivity contribution is 7.92. The summed E-state index contributed by atoms with van der Waals surface area (Å²) in [6.45, 7) is -0.756. The lowest BCUT2D eigenvalue weighted by molar-refractivity contribution is -0.142. The first kappa shape index (κ1) is 22.9. The minimum Gasteiger partial charge on any atom is -0.497 e. The van der Waals surface area contributed by atoms with Crippen molar-refractivity contribution in [1.29, 1.82) is 0 Å². The highest BCUT2D eigenvalue weighted by atomic mass is 35.5. The van der Waals surface area contributed by atoms with E-state index in [9.17, 15) is 26.0 Å². The molecule has 0 aliphatic rings. The van der Waals surface area contributed by atoms with Gasteiger partial charge in [-0.3, -0.25) is 8.99 Å². The van der Waals surface area contributed by atoms with E-state index in [1.807, 2.05) is 0 Å². The lowest BCUT2D eigenvalue weighted by atomic mass is 10.2. The molecule has 0 saturated heterocycles. The van der Waals surface area contributed by atoms with Gasteiger partial charge >= 0.3 is 6.18 Å². The van der Waals surface area contributed by atoms with Gasteiger partial charge < -0.3 is 4.74 Å². The Hall–Kier alpha value is -2.79. The summed E-state index contributed by atoms with van der Waals surface area (Å²) in [6, 6.07) is 9.59. The summed E-state index contributed by atoms with van der Waals surface area (Å²) >= 11 is 6.03. The minimum absolute atomic E-state index is 0.0539. The summed E-state index contributed by atoms with van der Waals surface area (Å²) in [5.74, 6) is -0.247. The maximum absolute atomic E-state index is 13.5. The third-order valence-electron chi connectivity index (χ3n) is 4.40. The van der Waals surface area contributed by atoms with Crippen molar-refractivity contribution in [3.63, 3.8) is 0 Å². The van der Waals surface area contributed by atoms with E-state index in [0.717, 1.165) is 33.3 Å². The quantitative estimate of drug-likeness (QED) is 0.485. The third-order valence-corrected chi connectivity index (χ3v) is 6.66. The Morgan fingerprint density at radius 1 is 1.10 bits per heavy atom. The van der Waals surface area contributed by atoms with Crippen LogP contribution in [0.2, 0.25) is 5.15 Å². The molecular formula is C19H16ClF4N3O3S. The molecule has 0 aliphatic heterocycles. The van der Waals surface area contributed by atoms with Crippen LogP contribution in [-0.4, -0.2) is 25.3 Å². The summed E-state index contributed by atoms with van der Waals surface area (Å²) in [4.78, 5) is -0.307. The molecule has 0 unspecified atom stereocenters. The number of rotatable bonds is 6. The van der Waals surface area contributed by atoms with Crippen LogP contribution < -0.4 is 9.04 Å². The first-order chi connectivity index (χ1) is 14.4. The zero-order chi connectivity index (χ0) is 23.0. The standard InChI is InChI=1S/C19H16ClF4N3O3S/c1-26-18(20)16(17(25-26)19(22,23)24)11-27(13-5-7-14(30-2)8-6-13)31(28,29)15-9-3-12(21)4-10-15/h3-10H,11H2,1-2H3. The molecule has 0 bridgehead atoms. The van der Waals surface area contributed by atoms with E-state index in [4.69, 9.17) is 16.3 Å².